The molecule has 1 aliphatic carbocycles. The molecule has 2 atom stereocenters. The first-order chi connectivity index (χ1) is 7.58. The summed E-state index contributed by atoms with van der Waals surface area (Å²) >= 11 is 3.34. The molecule has 1 aromatic carbocycles. The van der Waals surface area contributed by atoms with Crippen LogP contribution in [0.25, 0.3) is 0 Å². The molecular weight excluding hydrogens is 271 g/mol. The van der Waals surface area contributed by atoms with E-state index in [4.69, 9.17) is 0 Å². The van der Waals surface area contributed by atoms with Crippen molar-refractivity contribution >= 4 is 21.7 Å². The van der Waals surface area contributed by atoms with E-state index in [9.17, 15) is 9.18 Å². The summed E-state index contributed by atoms with van der Waals surface area (Å²) in [6, 6.07) is 4.98. The molecule has 1 fully saturated rings. The van der Waals surface area contributed by atoms with E-state index in [-0.39, 0.29) is 11.7 Å². The number of hydrogen-bond donors (Lipinski definition) is 0. The molecule has 1 saturated carbocycles. The van der Waals surface area contributed by atoms with Gasteiger partial charge in [0.1, 0.15) is 11.6 Å². The number of halogens is 2. The third kappa shape index (κ3) is 2.34. The summed E-state index contributed by atoms with van der Waals surface area (Å²) in [5.41, 5.74) is 0.709. The van der Waals surface area contributed by atoms with Gasteiger partial charge in [0, 0.05) is 16.8 Å². The van der Waals surface area contributed by atoms with Gasteiger partial charge >= 0.3 is 0 Å². The number of carbonyl (C=O) groups is 1. The van der Waals surface area contributed by atoms with Gasteiger partial charge in [-0.1, -0.05) is 22.9 Å². The third-order valence-corrected chi connectivity index (χ3v) is 3.96. The van der Waals surface area contributed by atoms with Crippen molar-refractivity contribution in [1.29, 1.82) is 0 Å². The van der Waals surface area contributed by atoms with E-state index < -0.39 is 0 Å². The van der Waals surface area contributed by atoms with Gasteiger partial charge in [-0.2, -0.15) is 0 Å². The first kappa shape index (κ1) is 11.8. The summed E-state index contributed by atoms with van der Waals surface area (Å²) in [5, 5.41) is 0. The minimum atomic E-state index is -0.172. The molecule has 0 bridgehead atoms. The minimum Gasteiger partial charge on any atom is -0.299 e. The lowest BCUT2D eigenvalue weighted by atomic mass is 9.90. The fourth-order valence-electron chi connectivity index (χ4n) is 2.33. The van der Waals surface area contributed by atoms with Crippen molar-refractivity contribution in [3.8, 4) is 0 Å². The first-order valence-corrected chi connectivity index (χ1v) is 6.34. The van der Waals surface area contributed by atoms with Gasteiger partial charge in [0.15, 0.2) is 0 Å². The fraction of sp³-hybridized carbons (Fsp3) is 0.462. The van der Waals surface area contributed by atoms with Crippen molar-refractivity contribution in [3.05, 3.63) is 34.1 Å². The van der Waals surface area contributed by atoms with E-state index in [0.29, 0.717) is 30.1 Å². The molecule has 1 aliphatic rings. The van der Waals surface area contributed by atoms with Crippen LogP contribution in [-0.2, 0) is 11.2 Å². The Balaban J connectivity index is 2.15. The van der Waals surface area contributed by atoms with Crippen LogP contribution in [0.15, 0.2) is 22.7 Å². The number of Topliss-reactive ketones (excluding diaryl/α,β-unsaturated/α-hetero) is 1. The predicted molar refractivity (Wildman–Crippen MR) is 64.7 cm³/mol. The highest BCUT2D eigenvalue weighted by atomic mass is 79.9. The molecule has 0 amide bonds. The van der Waals surface area contributed by atoms with Crippen molar-refractivity contribution in [2.45, 2.75) is 26.2 Å². The number of carbonyl (C=O) groups excluding carboxylic acids is 1. The average molecular weight is 285 g/mol. The predicted octanol–water partition coefficient (Wildman–Crippen LogP) is 3.75. The van der Waals surface area contributed by atoms with Crippen LogP contribution >= 0.6 is 15.9 Å². The molecule has 0 aromatic heterocycles. The average Bonchev–Trinajstić information content (AvgIpc) is 2.55. The van der Waals surface area contributed by atoms with Crippen LogP contribution < -0.4 is 0 Å². The molecule has 1 nitrogen and oxygen atoms in total. The van der Waals surface area contributed by atoms with Crippen LogP contribution in [0.4, 0.5) is 4.39 Å². The van der Waals surface area contributed by atoms with Gasteiger partial charge in [0.25, 0.3) is 0 Å². The Labute approximate surface area is 103 Å². The van der Waals surface area contributed by atoms with Crippen molar-refractivity contribution in [2.75, 3.05) is 0 Å². The Kier molecular flexibility index (Phi) is 3.43. The SMILES string of the molecule is CC1C(=O)CCC1Cc1cc(Br)ccc1F. The van der Waals surface area contributed by atoms with Crippen molar-refractivity contribution in [1.82, 2.24) is 0 Å². The molecule has 0 radical (unpaired) electrons. The first-order valence-electron chi connectivity index (χ1n) is 5.54. The third-order valence-electron chi connectivity index (χ3n) is 3.47. The normalized spacial score (nSPS) is 25.1. The van der Waals surface area contributed by atoms with Crippen molar-refractivity contribution in [3.63, 3.8) is 0 Å². The second-order valence-electron chi connectivity index (χ2n) is 4.49. The molecule has 2 unspecified atom stereocenters. The van der Waals surface area contributed by atoms with Gasteiger partial charge in [0.05, 0.1) is 0 Å². The lowest BCUT2D eigenvalue weighted by molar-refractivity contribution is -0.120. The molecule has 16 heavy (non-hydrogen) atoms. The van der Waals surface area contributed by atoms with Crippen LogP contribution in [0.3, 0.4) is 0 Å². The van der Waals surface area contributed by atoms with Crippen LogP contribution in [0.2, 0.25) is 0 Å². The van der Waals surface area contributed by atoms with Crippen LogP contribution in [0, 0.1) is 17.7 Å². The number of benzene rings is 1. The zero-order valence-electron chi connectivity index (χ0n) is 9.17. The molecular formula is C13H14BrFO. The minimum absolute atomic E-state index is 0.0818. The maximum Gasteiger partial charge on any atom is 0.135 e. The highest BCUT2D eigenvalue weighted by Gasteiger charge is 2.31. The van der Waals surface area contributed by atoms with E-state index >= 15 is 0 Å². The van der Waals surface area contributed by atoms with E-state index in [1.807, 2.05) is 13.0 Å². The van der Waals surface area contributed by atoms with E-state index in [1.54, 1.807) is 6.07 Å². The standard InChI is InChI=1S/C13H14BrFO/c1-8-9(2-5-13(8)16)6-10-7-11(14)3-4-12(10)15/h3-4,7-9H,2,5-6H2,1H3. The second kappa shape index (κ2) is 4.66. The monoisotopic (exact) mass is 284 g/mol. The molecule has 0 aliphatic heterocycles. The van der Waals surface area contributed by atoms with Gasteiger partial charge in [-0.15, -0.1) is 0 Å². The lowest BCUT2D eigenvalue weighted by Crippen LogP contribution is -2.13. The summed E-state index contributed by atoms with van der Waals surface area (Å²) in [4.78, 5) is 11.4. The van der Waals surface area contributed by atoms with Crippen LogP contribution in [0.5, 0.6) is 0 Å². The summed E-state index contributed by atoms with van der Waals surface area (Å²) in [6.45, 7) is 1.95. The van der Waals surface area contributed by atoms with E-state index in [1.165, 1.54) is 6.07 Å². The van der Waals surface area contributed by atoms with Gasteiger partial charge in [-0.3, -0.25) is 4.79 Å². The molecule has 1 aromatic rings. The Morgan fingerprint density at radius 1 is 1.50 bits per heavy atom. The van der Waals surface area contributed by atoms with E-state index in [0.717, 1.165) is 10.9 Å². The molecule has 3 heteroatoms. The van der Waals surface area contributed by atoms with Gasteiger partial charge in [-0.05, 0) is 42.5 Å². The highest BCUT2D eigenvalue weighted by molar-refractivity contribution is 9.10. The number of rotatable bonds is 2. The molecule has 2 rings (SSSR count). The molecule has 86 valence electrons. The quantitative estimate of drug-likeness (QED) is 0.809. The lowest BCUT2D eigenvalue weighted by Gasteiger charge is -2.14. The van der Waals surface area contributed by atoms with Gasteiger partial charge in [0.2, 0.25) is 0 Å². The van der Waals surface area contributed by atoms with Crippen LogP contribution in [0.1, 0.15) is 25.3 Å². The Hall–Kier alpha value is -0.700. The fourth-order valence-corrected chi connectivity index (χ4v) is 2.74. The second-order valence-corrected chi connectivity index (χ2v) is 5.41. The zero-order chi connectivity index (χ0) is 11.7. The Morgan fingerprint density at radius 2 is 2.25 bits per heavy atom. The molecule has 0 N–H and O–H groups in total. The summed E-state index contributed by atoms with van der Waals surface area (Å²) in [6.07, 6.45) is 2.21. The maximum absolute atomic E-state index is 13.5. The van der Waals surface area contributed by atoms with Gasteiger partial charge in [-0.25, -0.2) is 4.39 Å². The number of hydrogen-bond acceptors (Lipinski definition) is 1. The number of ketones is 1. The van der Waals surface area contributed by atoms with Crippen molar-refractivity contribution in [2.24, 2.45) is 11.8 Å². The zero-order valence-corrected chi connectivity index (χ0v) is 10.8. The smallest absolute Gasteiger partial charge is 0.135 e. The topological polar surface area (TPSA) is 17.1 Å². The van der Waals surface area contributed by atoms with Gasteiger partial charge < -0.3 is 0 Å². The summed E-state index contributed by atoms with van der Waals surface area (Å²) in [7, 11) is 0. The molecule has 0 saturated heterocycles. The molecule has 0 heterocycles. The maximum atomic E-state index is 13.5. The summed E-state index contributed by atoms with van der Waals surface area (Å²) in [5.74, 6) is 0.532. The largest absolute Gasteiger partial charge is 0.299 e. The van der Waals surface area contributed by atoms with E-state index in [2.05, 4.69) is 15.9 Å². The molecule has 0 spiro atoms. The van der Waals surface area contributed by atoms with Crippen LogP contribution in [-0.4, -0.2) is 5.78 Å². The summed E-state index contributed by atoms with van der Waals surface area (Å²) < 4.78 is 14.4. The van der Waals surface area contributed by atoms with Crippen molar-refractivity contribution < 1.29 is 9.18 Å². The Morgan fingerprint density at radius 3 is 2.88 bits per heavy atom. The highest BCUT2D eigenvalue weighted by Crippen LogP contribution is 2.32. The Bertz CT molecular complexity index is 416.